The van der Waals surface area contributed by atoms with Gasteiger partial charge >= 0.3 is 5.97 Å². The van der Waals surface area contributed by atoms with Crippen molar-refractivity contribution in [2.75, 3.05) is 0 Å². The lowest BCUT2D eigenvalue weighted by molar-refractivity contribution is -0.136. The molecule has 0 saturated heterocycles. The van der Waals surface area contributed by atoms with E-state index in [4.69, 9.17) is 5.11 Å². The van der Waals surface area contributed by atoms with Gasteiger partial charge in [-0.05, 0) is 12.8 Å². The Bertz CT molecular complexity index is 344. The van der Waals surface area contributed by atoms with Gasteiger partial charge in [-0.1, -0.05) is 6.92 Å². The summed E-state index contributed by atoms with van der Waals surface area (Å²) in [6.45, 7) is 2.14. The summed E-state index contributed by atoms with van der Waals surface area (Å²) in [5, 5.41) is 18.0. The second kappa shape index (κ2) is 2.77. The smallest absolute Gasteiger partial charge is 0.310 e. The van der Waals surface area contributed by atoms with Crippen LogP contribution in [0.3, 0.4) is 0 Å². The molecule has 0 unspecified atom stereocenters. The van der Waals surface area contributed by atoms with E-state index < -0.39 is 5.97 Å². The SMILES string of the molecule is CC1(c2nnc(CC(=O)O)s2)CC1. The van der Waals surface area contributed by atoms with Crippen LogP contribution in [0.1, 0.15) is 29.8 Å². The van der Waals surface area contributed by atoms with E-state index in [9.17, 15) is 4.79 Å². The van der Waals surface area contributed by atoms with Crippen molar-refractivity contribution in [2.45, 2.75) is 31.6 Å². The summed E-state index contributed by atoms with van der Waals surface area (Å²) in [4.78, 5) is 10.4. The van der Waals surface area contributed by atoms with Crippen molar-refractivity contribution in [3.05, 3.63) is 10.0 Å². The van der Waals surface area contributed by atoms with Gasteiger partial charge in [-0.25, -0.2) is 0 Å². The second-order valence-corrected chi connectivity index (χ2v) is 4.69. The number of carbonyl (C=O) groups is 1. The van der Waals surface area contributed by atoms with Crippen LogP contribution in [0, 0.1) is 0 Å². The number of aliphatic carboxylic acids is 1. The van der Waals surface area contributed by atoms with Crippen molar-refractivity contribution in [1.82, 2.24) is 10.2 Å². The Morgan fingerprint density at radius 2 is 2.31 bits per heavy atom. The maximum absolute atomic E-state index is 10.4. The van der Waals surface area contributed by atoms with Crippen molar-refractivity contribution >= 4 is 17.3 Å². The van der Waals surface area contributed by atoms with Gasteiger partial charge in [0.15, 0.2) is 0 Å². The Kier molecular flexibility index (Phi) is 1.83. The number of nitrogens with zero attached hydrogens (tertiary/aromatic N) is 2. The molecule has 1 N–H and O–H groups in total. The first kappa shape index (κ1) is 8.62. The molecular weight excluding hydrogens is 188 g/mol. The molecule has 5 heteroatoms. The zero-order chi connectivity index (χ0) is 9.47. The Morgan fingerprint density at radius 1 is 1.62 bits per heavy atom. The molecule has 0 atom stereocenters. The monoisotopic (exact) mass is 198 g/mol. The number of aromatic nitrogens is 2. The van der Waals surface area contributed by atoms with Crippen LogP contribution in [0.25, 0.3) is 0 Å². The first-order chi connectivity index (χ1) is 6.10. The number of carboxylic acid groups (broad SMARTS) is 1. The molecule has 1 heterocycles. The van der Waals surface area contributed by atoms with Crippen LogP contribution in [0.2, 0.25) is 0 Å². The molecule has 1 aliphatic rings. The fourth-order valence-corrected chi connectivity index (χ4v) is 2.13. The highest BCUT2D eigenvalue weighted by Gasteiger charge is 2.42. The standard InChI is InChI=1S/C8H10N2O2S/c1-8(2-3-8)7-10-9-5(13-7)4-6(11)12/h2-4H2,1H3,(H,11,12). The summed E-state index contributed by atoms with van der Waals surface area (Å²) in [6.07, 6.45) is 2.29. The van der Waals surface area contributed by atoms with E-state index >= 15 is 0 Å². The van der Waals surface area contributed by atoms with E-state index in [-0.39, 0.29) is 11.8 Å². The average Bonchev–Trinajstić information content (AvgIpc) is 2.62. The van der Waals surface area contributed by atoms with Crippen molar-refractivity contribution in [3.8, 4) is 0 Å². The first-order valence-corrected chi connectivity index (χ1v) is 4.96. The van der Waals surface area contributed by atoms with E-state index in [0.29, 0.717) is 5.01 Å². The molecule has 4 nitrogen and oxygen atoms in total. The number of hydrogen-bond donors (Lipinski definition) is 1. The molecule has 0 aromatic carbocycles. The van der Waals surface area contributed by atoms with Gasteiger partial charge in [-0.15, -0.1) is 21.5 Å². The van der Waals surface area contributed by atoms with Crippen LogP contribution < -0.4 is 0 Å². The molecule has 70 valence electrons. The van der Waals surface area contributed by atoms with Crippen molar-refractivity contribution in [3.63, 3.8) is 0 Å². The fraction of sp³-hybridized carbons (Fsp3) is 0.625. The highest BCUT2D eigenvalue weighted by molar-refractivity contribution is 7.11. The van der Waals surface area contributed by atoms with Gasteiger partial charge in [0.1, 0.15) is 10.0 Å². The minimum absolute atomic E-state index is 0.00620. The summed E-state index contributed by atoms with van der Waals surface area (Å²) >= 11 is 1.43. The van der Waals surface area contributed by atoms with Gasteiger partial charge in [0.05, 0.1) is 6.42 Å². The van der Waals surface area contributed by atoms with E-state index in [1.54, 1.807) is 0 Å². The largest absolute Gasteiger partial charge is 0.481 e. The molecule has 0 aliphatic heterocycles. The van der Waals surface area contributed by atoms with Crippen LogP contribution in [-0.4, -0.2) is 21.3 Å². The molecule has 1 fully saturated rings. The molecule has 13 heavy (non-hydrogen) atoms. The first-order valence-electron chi connectivity index (χ1n) is 4.15. The normalized spacial score (nSPS) is 18.5. The van der Waals surface area contributed by atoms with Crippen LogP contribution in [-0.2, 0) is 16.6 Å². The molecule has 0 spiro atoms. The van der Waals surface area contributed by atoms with Gasteiger partial charge in [-0.3, -0.25) is 4.79 Å². The van der Waals surface area contributed by atoms with Crippen LogP contribution in [0.5, 0.6) is 0 Å². The molecule has 0 amide bonds. The summed E-state index contributed by atoms with van der Waals surface area (Å²) < 4.78 is 0. The highest BCUT2D eigenvalue weighted by Crippen LogP contribution is 2.48. The Hall–Kier alpha value is -0.970. The molecule has 0 bridgehead atoms. The minimum Gasteiger partial charge on any atom is -0.481 e. The van der Waals surface area contributed by atoms with E-state index in [2.05, 4.69) is 17.1 Å². The summed E-state index contributed by atoms with van der Waals surface area (Å²) in [5.74, 6) is -0.844. The van der Waals surface area contributed by atoms with Gasteiger partial charge in [0.2, 0.25) is 0 Å². The van der Waals surface area contributed by atoms with Crippen molar-refractivity contribution in [2.24, 2.45) is 0 Å². The third kappa shape index (κ3) is 1.70. The Balaban J connectivity index is 2.14. The van der Waals surface area contributed by atoms with Crippen molar-refractivity contribution < 1.29 is 9.90 Å². The lowest BCUT2D eigenvalue weighted by Gasteiger charge is -1.98. The maximum Gasteiger partial charge on any atom is 0.310 e. The van der Waals surface area contributed by atoms with Crippen LogP contribution >= 0.6 is 11.3 Å². The topological polar surface area (TPSA) is 63.1 Å². The number of rotatable bonds is 3. The van der Waals surface area contributed by atoms with Crippen LogP contribution in [0.15, 0.2) is 0 Å². The molecule has 1 saturated carbocycles. The van der Waals surface area contributed by atoms with E-state index in [1.807, 2.05) is 0 Å². The predicted molar refractivity (Wildman–Crippen MR) is 47.8 cm³/mol. The maximum atomic E-state index is 10.4. The van der Waals surface area contributed by atoms with Crippen molar-refractivity contribution in [1.29, 1.82) is 0 Å². The zero-order valence-electron chi connectivity index (χ0n) is 7.28. The highest BCUT2D eigenvalue weighted by atomic mass is 32.1. The molecular formula is C8H10N2O2S. The Morgan fingerprint density at radius 3 is 2.85 bits per heavy atom. The zero-order valence-corrected chi connectivity index (χ0v) is 8.10. The predicted octanol–water partition coefficient (Wildman–Crippen LogP) is 1.22. The summed E-state index contributed by atoms with van der Waals surface area (Å²) in [5.41, 5.74) is 0.203. The van der Waals surface area contributed by atoms with Gasteiger partial charge in [-0.2, -0.15) is 0 Å². The third-order valence-electron chi connectivity index (χ3n) is 2.29. The molecule has 2 rings (SSSR count). The Labute approximate surface area is 79.6 Å². The van der Waals surface area contributed by atoms with Gasteiger partial charge in [0.25, 0.3) is 0 Å². The lowest BCUT2D eigenvalue weighted by atomic mass is 10.2. The van der Waals surface area contributed by atoms with Gasteiger partial charge in [0, 0.05) is 5.41 Å². The lowest BCUT2D eigenvalue weighted by Crippen LogP contribution is -1.98. The van der Waals surface area contributed by atoms with Crippen LogP contribution in [0.4, 0.5) is 0 Å². The summed E-state index contributed by atoms with van der Waals surface area (Å²) in [6, 6.07) is 0. The van der Waals surface area contributed by atoms with E-state index in [0.717, 1.165) is 17.8 Å². The second-order valence-electron chi connectivity index (χ2n) is 3.63. The quantitative estimate of drug-likeness (QED) is 0.793. The van der Waals surface area contributed by atoms with Gasteiger partial charge < -0.3 is 5.11 Å². The number of carboxylic acids is 1. The molecule has 1 aliphatic carbocycles. The minimum atomic E-state index is -0.844. The van der Waals surface area contributed by atoms with E-state index in [1.165, 1.54) is 11.3 Å². The third-order valence-corrected chi connectivity index (χ3v) is 3.52. The molecule has 0 radical (unpaired) electrons. The average molecular weight is 198 g/mol. The molecule has 1 aromatic rings. The molecule has 1 aromatic heterocycles. The summed E-state index contributed by atoms with van der Waals surface area (Å²) in [7, 11) is 0. The fourth-order valence-electron chi connectivity index (χ4n) is 1.10. The number of hydrogen-bond acceptors (Lipinski definition) is 4.